The number of pyridine rings is 1. The molecule has 0 saturated carbocycles. The van der Waals surface area contributed by atoms with E-state index in [0.29, 0.717) is 6.04 Å². The maximum atomic E-state index is 2.26. The maximum Gasteiger partial charge on any atom is 0.169 e. The summed E-state index contributed by atoms with van der Waals surface area (Å²) in [7, 11) is 0. The van der Waals surface area contributed by atoms with Crippen molar-refractivity contribution in [3.05, 3.63) is 30.1 Å². The molecule has 1 aromatic rings. The fourth-order valence-electron chi connectivity index (χ4n) is 1.74. The second-order valence-electron chi connectivity index (χ2n) is 4.56. The van der Waals surface area contributed by atoms with Crippen molar-refractivity contribution in [2.45, 2.75) is 58.9 Å². The van der Waals surface area contributed by atoms with Gasteiger partial charge in [0.2, 0.25) is 0 Å². The molecule has 1 aromatic heterocycles. The number of aryl methyl sites for hydroxylation is 1. The second-order valence-corrected chi connectivity index (χ2v) is 4.56. The highest BCUT2D eigenvalue weighted by Crippen LogP contribution is 2.06. The first-order valence-corrected chi connectivity index (χ1v) is 6.23. The highest BCUT2D eigenvalue weighted by atomic mass is 15.0. The van der Waals surface area contributed by atoms with Crippen LogP contribution in [0.3, 0.4) is 0 Å². The number of hydrogen-bond acceptors (Lipinski definition) is 0. The first kappa shape index (κ1) is 12.2. The third-order valence-corrected chi connectivity index (χ3v) is 2.84. The summed E-state index contributed by atoms with van der Waals surface area (Å²) in [4.78, 5) is 0. The monoisotopic (exact) mass is 206 g/mol. The minimum atomic E-state index is 0.569. The Morgan fingerprint density at radius 1 is 1.07 bits per heavy atom. The lowest BCUT2D eigenvalue weighted by Gasteiger charge is -2.02. The van der Waals surface area contributed by atoms with Crippen LogP contribution in [0.4, 0.5) is 0 Å². The maximum absolute atomic E-state index is 2.26. The van der Waals surface area contributed by atoms with Crippen LogP contribution < -0.4 is 4.57 Å². The molecule has 0 fully saturated rings. The van der Waals surface area contributed by atoms with Gasteiger partial charge in [0.05, 0.1) is 0 Å². The van der Waals surface area contributed by atoms with Gasteiger partial charge in [-0.05, 0) is 32.3 Å². The van der Waals surface area contributed by atoms with Crippen LogP contribution in [0.2, 0.25) is 0 Å². The molecular formula is C14H24N+. The Labute approximate surface area is 94.1 Å². The van der Waals surface area contributed by atoms with Crippen molar-refractivity contribution in [2.24, 2.45) is 0 Å². The molecule has 0 bridgehead atoms. The van der Waals surface area contributed by atoms with Crippen LogP contribution in [0.15, 0.2) is 24.5 Å². The van der Waals surface area contributed by atoms with E-state index in [-0.39, 0.29) is 0 Å². The smallest absolute Gasteiger partial charge is 0.169 e. The molecule has 0 aliphatic rings. The normalized spacial score (nSPS) is 10.9. The van der Waals surface area contributed by atoms with Crippen molar-refractivity contribution in [3.63, 3.8) is 0 Å². The lowest BCUT2D eigenvalue weighted by atomic mass is 10.1. The fourth-order valence-corrected chi connectivity index (χ4v) is 1.74. The summed E-state index contributed by atoms with van der Waals surface area (Å²) in [6, 6.07) is 5.08. The number of unbranched alkanes of at least 4 members (excludes halogenated alkanes) is 3. The van der Waals surface area contributed by atoms with E-state index in [1.54, 1.807) is 0 Å². The van der Waals surface area contributed by atoms with Gasteiger partial charge in [0.25, 0.3) is 0 Å². The van der Waals surface area contributed by atoms with Gasteiger partial charge >= 0.3 is 0 Å². The van der Waals surface area contributed by atoms with E-state index in [4.69, 9.17) is 0 Å². The molecule has 1 heteroatoms. The van der Waals surface area contributed by atoms with Gasteiger partial charge in [0, 0.05) is 12.1 Å². The van der Waals surface area contributed by atoms with Gasteiger partial charge in [-0.2, -0.15) is 0 Å². The van der Waals surface area contributed by atoms with Gasteiger partial charge in [-0.1, -0.05) is 26.2 Å². The Balaban J connectivity index is 2.36. The zero-order valence-corrected chi connectivity index (χ0v) is 10.4. The Kier molecular flexibility index (Phi) is 5.38. The predicted molar refractivity (Wildman–Crippen MR) is 64.9 cm³/mol. The Hall–Kier alpha value is -0.850. The molecule has 1 rings (SSSR count). The van der Waals surface area contributed by atoms with Crippen LogP contribution in [0.1, 0.15) is 58.1 Å². The molecule has 0 saturated heterocycles. The molecule has 0 radical (unpaired) electrons. The van der Waals surface area contributed by atoms with Crippen molar-refractivity contribution in [1.29, 1.82) is 0 Å². The quantitative estimate of drug-likeness (QED) is 0.494. The average Bonchev–Trinajstić information content (AvgIpc) is 2.25. The van der Waals surface area contributed by atoms with Crippen molar-refractivity contribution in [2.75, 3.05) is 0 Å². The molecule has 0 amide bonds. The van der Waals surface area contributed by atoms with Gasteiger partial charge < -0.3 is 0 Å². The van der Waals surface area contributed by atoms with Crippen LogP contribution in [-0.4, -0.2) is 0 Å². The summed E-state index contributed by atoms with van der Waals surface area (Å²) >= 11 is 0. The molecule has 0 aliphatic heterocycles. The van der Waals surface area contributed by atoms with Crippen molar-refractivity contribution < 1.29 is 4.57 Å². The predicted octanol–water partition coefficient (Wildman–Crippen LogP) is 3.68. The lowest BCUT2D eigenvalue weighted by molar-refractivity contribution is -0.716. The summed E-state index contributed by atoms with van der Waals surface area (Å²) in [6.45, 7) is 6.68. The molecule has 0 spiro atoms. The summed E-state index contributed by atoms with van der Waals surface area (Å²) in [5, 5.41) is 0. The molecular weight excluding hydrogens is 182 g/mol. The highest BCUT2D eigenvalue weighted by Gasteiger charge is 2.04. The molecule has 1 nitrogen and oxygen atoms in total. The first-order valence-electron chi connectivity index (χ1n) is 6.23. The minimum Gasteiger partial charge on any atom is -0.203 e. The SMILES string of the molecule is CCCCCCc1cc[n+](C(C)C)cc1. The van der Waals surface area contributed by atoms with E-state index < -0.39 is 0 Å². The van der Waals surface area contributed by atoms with Gasteiger partial charge in [-0.15, -0.1) is 0 Å². The molecule has 0 aromatic carbocycles. The molecule has 0 N–H and O–H groups in total. The Morgan fingerprint density at radius 3 is 2.27 bits per heavy atom. The van der Waals surface area contributed by atoms with Crippen LogP contribution in [0, 0.1) is 0 Å². The van der Waals surface area contributed by atoms with Gasteiger partial charge in [-0.25, -0.2) is 4.57 Å². The van der Waals surface area contributed by atoms with E-state index in [1.807, 2.05) is 0 Å². The standard InChI is InChI=1S/C14H24N/c1-4-5-6-7-8-14-9-11-15(12-10-14)13(2)3/h9-13H,4-8H2,1-3H3/q+1. The number of hydrogen-bond donors (Lipinski definition) is 0. The number of nitrogens with zero attached hydrogens (tertiary/aromatic N) is 1. The Bertz CT molecular complexity index is 261. The van der Waals surface area contributed by atoms with Crippen molar-refractivity contribution >= 4 is 0 Å². The van der Waals surface area contributed by atoms with Crippen LogP contribution in [-0.2, 0) is 6.42 Å². The summed E-state index contributed by atoms with van der Waals surface area (Å²) in [5.41, 5.74) is 1.48. The van der Waals surface area contributed by atoms with E-state index in [9.17, 15) is 0 Å². The second kappa shape index (κ2) is 6.60. The molecule has 15 heavy (non-hydrogen) atoms. The zero-order chi connectivity index (χ0) is 11.1. The average molecular weight is 206 g/mol. The summed E-state index contributed by atoms with van der Waals surface area (Å²) < 4.78 is 2.25. The third kappa shape index (κ3) is 4.46. The molecule has 84 valence electrons. The van der Waals surface area contributed by atoms with E-state index in [0.717, 1.165) is 0 Å². The lowest BCUT2D eigenvalue weighted by Crippen LogP contribution is -2.34. The molecule has 0 atom stereocenters. The van der Waals surface area contributed by atoms with E-state index in [2.05, 4.69) is 49.9 Å². The van der Waals surface area contributed by atoms with Crippen LogP contribution in [0.25, 0.3) is 0 Å². The molecule has 1 heterocycles. The zero-order valence-electron chi connectivity index (χ0n) is 10.4. The van der Waals surface area contributed by atoms with Crippen LogP contribution >= 0.6 is 0 Å². The highest BCUT2D eigenvalue weighted by molar-refractivity contribution is 5.07. The fraction of sp³-hybridized carbons (Fsp3) is 0.643. The number of aromatic nitrogens is 1. The van der Waals surface area contributed by atoms with Gasteiger partial charge in [0.1, 0.15) is 0 Å². The summed E-state index contributed by atoms with van der Waals surface area (Å²) in [6.07, 6.45) is 11.0. The van der Waals surface area contributed by atoms with Gasteiger partial charge in [0.15, 0.2) is 18.4 Å². The van der Waals surface area contributed by atoms with Crippen LogP contribution in [0.5, 0.6) is 0 Å². The van der Waals surface area contributed by atoms with Crippen molar-refractivity contribution in [3.8, 4) is 0 Å². The van der Waals surface area contributed by atoms with E-state index >= 15 is 0 Å². The minimum absolute atomic E-state index is 0.569. The summed E-state index contributed by atoms with van der Waals surface area (Å²) in [5.74, 6) is 0. The van der Waals surface area contributed by atoms with E-state index in [1.165, 1.54) is 37.7 Å². The first-order chi connectivity index (χ1) is 7.24. The third-order valence-electron chi connectivity index (χ3n) is 2.84. The topological polar surface area (TPSA) is 3.88 Å². The molecule has 0 aliphatic carbocycles. The van der Waals surface area contributed by atoms with Crippen molar-refractivity contribution in [1.82, 2.24) is 0 Å². The van der Waals surface area contributed by atoms with Gasteiger partial charge in [-0.3, -0.25) is 0 Å². The number of rotatable bonds is 6. The molecule has 0 unspecified atom stereocenters. The largest absolute Gasteiger partial charge is 0.203 e. The Morgan fingerprint density at radius 2 is 1.73 bits per heavy atom.